The summed E-state index contributed by atoms with van der Waals surface area (Å²) >= 11 is 0. The molecule has 4 aromatic heterocycles. The molecule has 0 atom stereocenters. The van der Waals surface area contributed by atoms with E-state index in [-0.39, 0.29) is 0 Å². The van der Waals surface area contributed by atoms with Gasteiger partial charge in [-0.1, -0.05) is 243 Å². The van der Waals surface area contributed by atoms with Crippen molar-refractivity contribution in [3.05, 3.63) is 303 Å². The maximum atomic E-state index is 5.27. The second-order valence-electron chi connectivity index (χ2n) is 21.4. The van der Waals surface area contributed by atoms with E-state index in [9.17, 15) is 0 Å². The quantitative estimate of drug-likeness (QED) is 0.128. The standard InChI is InChI=1S/C78H50N8/c1-5-25-51(26-6-1)73-79-74(52-27-7-2-8-28-52)82-77(81-73)55-45-47-71(85-67-41-21-17-37-61(67)62-38-18-22-42-68(62)85)65(49-55)59-35-15-13-33-57(59)58-34-14-16-36-60(58)66-50-56(46-48-72(66)86-69-43-23-19-39-63(69)64-40-20-24-44-70(64)86)78-83-75(53-29-9-3-10-30-53)80-76(84-78)54-31-11-4-12-32-54/h1-50H. The van der Waals surface area contributed by atoms with E-state index in [1.807, 2.05) is 72.8 Å². The van der Waals surface area contributed by atoms with Gasteiger partial charge in [-0.25, -0.2) is 29.9 Å². The molecule has 12 aromatic carbocycles. The minimum Gasteiger partial charge on any atom is -0.309 e. The van der Waals surface area contributed by atoms with Crippen LogP contribution in [0.25, 0.3) is 157 Å². The molecule has 8 nitrogen and oxygen atoms in total. The van der Waals surface area contributed by atoms with Gasteiger partial charge in [0.2, 0.25) is 0 Å². The number of para-hydroxylation sites is 4. The van der Waals surface area contributed by atoms with Gasteiger partial charge in [0.05, 0.1) is 33.4 Å². The Morgan fingerprint density at radius 3 is 0.674 bits per heavy atom. The van der Waals surface area contributed by atoms with Crippen LogP contribution in [-0.2, 0) is 0 Å². The van der Waals surface area contributed by atoms with Crippen molar-refractivity contribution in [1.82, 2.24) is 39.0 Å². The molecule has 0 N–H and O–H groups in total. The normalized spacial score (nSPS) is 11.5. The summed E-state index contributed by atoms with van der Waals surface area (Å²) in [7, 11) is 0. The van der Waals surface area contributed by atoms with Crippen LogP contribution in [0.1, 0.15) is 0 Å². The average molecular weight is 1100 g/mol. The molecule has 4 heterocycles. The van der Waals surface area contributed by atoms with Gasteiger partial charge in [-0.3, -0.25) is 0 Å². The zero-order valence-electron chi connectivity index (χ0n) is 46.4. The summed E-state index contributed by atoms with van der Waals surface area (Å²) in [5.41, 5.74) is 18.0. The largest absolute Gasteiger partial charge is 0.309 e. The van der Waals surface area contributed by atoms with Crippen LogP contribution in [0.15, 0.2) is 303 Å². The van der Waals surface area contributed by atoms with Crippen molar-refractivity contribution in [2.24, 2.45) is 0 Å². The van der Waals surface area contributed by atoms with Crippen LogP contribution in [0, 0.1) is 0 Å². The molecule has 0 unspecified atom stereocenters. The first kappa shape index (κ1) is 50.0. The Kier molecular flexibility index (Phi) is 12.3. The second-order valence-corrected chi connectivity index (χ2v) is 21.4. The molecule has 0 bridgehead atoms. The lowest BCUT2D eigenvalue weighted by molar-refractivity contribution is 1.07. The van der Waals surface area contributed by atoms with Crippen molar-refractivity contribution in [3.8, 4) is 113 Å². The number of nitrogens with zero attached hydrogens (tertiary/aromatic N) is 8. The van der Waals surface area contributed by atoms with Crippen molar-refractivity contribution in [2.45, 2.75) is 0 Å². The Morgan fingerprint density at radius 1 is 0.174 bits per heavy atom. The number of benzene rings is 12. The van der Waals surface area contributed by atoms with E-state index in [1.165, 1.54) is 21.5 Å². The highest BCUT2D eigenvalue weighted by Crippen LogP contribution is 2.46. The lowest BCUT2D eigenvalue weighted by Crippen LogP contribution is -2.03. The monoisotopic (exact) mass is 1100 g/mol. The summed E-state index contributed by atoms with van der Waals surface area (Å²) in [4.78, 5) is 31.2. The van der Waals surface area contributed by atoms with Crippen molar-refractivity contribution < 1.29 is 0 Å². The van der Waals surface area contributed by atoms with Crippen molar-refractivity contribution >= 4 is 43.6 Å². The van der Waals surface area contributed by atoms with Crippen LogP contribution in [0.3, 0.4) is 0 Å². The summed E-state index contributed by atoms with van der Waals surface area (Å²) in [6, 6.07) is 106. The molecular formula is C78H50N8. The van der Waals surface area contributed by atoms with Crippen LogP contribution in [0.2, 0.25) is 0 Å². The highest BCUT2D eigenvalue weighted by atomic mass is 15.0. The van der Waals surface area contributed by atoms with Gasteiger partial charge in [-0.2, -0.15) is 0 Å². The van der Waals surface area contributed by atoms with Gasteiger partial charge in [0.25, 0.3) is 0 Å². The van der Waals surface area contributed by atoms with Crippen molar-refractivity contribution in [3.63, 3.8) is 0 Å². The molecule has 16 rings (SSSR count). The summed E-state index contributed by atoms with van der Waals surface area (Å²) < 4.78 is 4.83. The molecule has 402 valence electrons. The minimum absolute atomic E-state index is 0.572. The van der Waals surface area contributed by atoms with Gasteiger partial charge in [-0.05, 0) is 82.9 Å². The topological polar surface area (TPSA) is 87.2 Å². The molecule has 0 saturated carbocycles. The zero-order valence-corrected chi connectivity index (χ0v) is 46.4. The van der Waals surface area contributed by atoms with Crippen LogP contribution in [-0.4, -0.2) is 39.0 Å². The number of fused-ring (bicyclic) bond motifs is 6. The second kappa shape index (κ2) is 21.2. The van der Waals surface area contributed by atoms with Crippen LogP contribution in [0.4, 0.5) is 0 Å². The molecule has 8 heteroatoms. The molecule has 0 amide bonds. The molecular weight excluding hydrogens is 1050 g/mol. The highest BCUT2D eigenvalue weighted by molar-refractivity contribution is 6.12. The maximum Gasteiger partial charge on any atom is 0.164 e. The minimum atomic E-state index is 0.572. The van der Waals surface area contributed by atoms with Crippen LogP contribution >= 0.6 is 0 Å². The molecule has 0 spiro atoms. The van der Waals surface area contributed by atoms with E-state index in [4.69, 9.17) is 29.9 Å². The molecule has 0 aliphatic rings. The first-order chi connectivity index (χ1) is 42.7. The Hall–Kier alpha value is -11.7. The van der Waals surface area contributed by atoms with Gasteiger partial charge in [-0.15, -0.1) is 0 Å². The smallest absolute Gasteiger partial charge is 0.164 e. The molecule has 16 aromatic rings. The van der Waals surface area contributed by atoms with Gasteiger partial charge in [0, 0.05) is 66.1 Å². The molecule has 0 aliphatic heterocycles. The van der Waals surface area contributed by atoms with E-state index in [1.54, 1.807) is 0 Å². The predicted octanol–water partition coefficient (Wildman–Crippen LogP) is 19.3. The number of hydrogen-bond donors (Lipinski definition) is 0. The summed E-state index contributed by atoms with van der Waals surface area (Å²) in [5.74, 6) is 3.54. The fourth-order valence-electron chi connectivity index (χ4n) is 12.3. The van der Waals surface area contributed by atoms with Crippen LogP contribution in [0.5, 0.6) is 0 Å². The zero-order chi connectivity index (χ0) is 56.9. The van der Waals surface area contributed by atoms with Gasteiger partial charge in [0.1, 0.15) is 0 Å². The van der Waals surface area contributed by atoms with E-state index in [2.05, 4.69) is 240 Å². The fraction of sp³-hybridized carbons (Fsp3) is 0. The van der Waals surface area contributed by atoms with Gasteiger partial charge >= 0.3 is 0 Å². The summed E-state index contributed by atoms with van der Waals surface area (Å²) in [6.45, 7) is 0. The SMILES string of the molecule is c1ccc(-c2nc(-c3ccccc3)nc(-c3ccc(-n4c5ccccc5c5ccccc54)c(-c4ccccc4-c4ccccc4-c4cc(-c5nc(-c6ccccc6)nc(-c6ccccc6)n5)ccc4-n4c5ccccc5c5ccccc54)c3)n2)cc1. The first-order valence-corrected chi connectivity index (χ1v) is 28.9. The molecule has 0 radical (unpaired) electrons. The Labute approximate surface area is 496 Å². The third kappa shape index (κ3) is 8.79. The summed E-state index contributed by atoms with van der Waals surface area (Å²) in [5, 5.41) is 4.71. The van der Waals surface area contributed by atoms with E-state index >= 15 is 0 Å². The summed E-state index contributed by atoms with van der Waals surface area (Å²) in [6.07, 6.45) is 0. The lowest BCUT2D eigenvalue weighted by Gasteiger charge is -2.21. The third-order valence-electron chi connectivity index (χ3n) is 16.3. The first-order valence-electron chi connectivity index (χ1n) is 28.9. The number of aromatic nitrogens is 8. The molecule has 0 aliphatic carbocycles. The highest BCUT2D eigenvalue weighted by Gasteiger charge is 2.24. The van der Waals surface area contributed by atoms with E-state index < -0.39 is 0 Å². The Morgan fingerprint density at radius 2 is 0.395 bits per heavy atom. The number of hydrogen-bond acceptors (Lipinski definition) is 6. The molecule has 0 fully saturated rings. The Balaban J connectivity index is 0.955. The number of rotatable bonds is 11. The van der Waals surface area contributed by atoms with Crippen LogP contribution < -0.4 is 0 Å². The third-order valence-corrected chi connectivity index (χ3v) is 16.3. The van der Waals surface area contributed by atoms with Gasteiger partial charge in [0.15, 0.2) is 34.9 Å². The fourth-order valence-corrected chi connectivity index (χ4v) is 12.3. The van der Waals surface area contributed by atoms with Crippen molar-refractivity contribution in [2.75, 3.05) is 0 Å². The van der Waals surface area contributed by atoms with Gasteiger partial charge < -0.3 is 9.13 Å². The van der Waals surface area contributed by atoms with E-state index in [0.29, 0.717) is 34.9 Å². The lowest BCUT2D eigenvalue weighted by atomic mass is 9.87. The molecule has 0 saturated heterocycles. The maximum absolute atomic E-state index is 5.27. The average Bonchev–Trinajstić information content (AvgIpc) is 1.80. The Bertz CT molecular complexity index is 4680. The molecule has 86 heavy (non-hydrogen) atoms. The predicted molar refractivity (Wildman–Crippen MR) is 351 cm³/mol. The van der Waals surface area contributed by atoms with E-state index in [0.717, 1.165) is 100 Å². The van der Waals surface area contributed by atoms with Crippen molar-refractivity contribution in [1.29, 1.82) is 0 Å².